The first-order valence-corrected chi connectivity index (χ1v) is 9.19. The molecule has 0 saturated carbocycles. The Labute approximate surface area is 173 Å². The van der Waals surface area contributed by atoms with Crippen molar-refractivity contribution in [1.29, 1.82) is 0 Å². The molecule has 148 valence electrons. The Morgan fingerprint density at radius 1 is 1.35 bits per heavy atom. The molecule has 0 amide bonds. The fraction of sp³-hybridized carbons (Fsp3) is 0.632. The predicted molar refractivity (Wildman–Crippen MR) is 115 cm³/mol. The van der Waals surface area contributed by atoms with E-state index in [1.807, 2.05) is 18.2 Å². The van der Waals surface area contributed by atoms with E-state index in [2.05, 4.69) is 22.2 Å². The molecule has 1 aliphatic rings. The molecule has 2 rings (SSSR count). The molecule has 2 heterocycles. The highest BCUT2D eigenvalue weighted by Crippen LogP contribution is 2.14. The third kappa shape index (κ3) is 10.2. The summed E-state index contributed by atoms with van der Waals surface area (Å²) in [7, 11) is 0. The highest BCUT2D eigenvalue weighted by molar-refractivity contribution is 14.0. The lowest BCUT2D eigenvalue weighted by molar-refractivity contribution is 0.0205. The topological polar surface area (TPSA) is 68.0 Å². The number of hydrogen-bond acceptors (Lipinski definition) is 4. The molecule has 26 heavy (non-hydrogen) atoms. The summed E-state index contributed by atoms with van der Waals surface area (Å²) in [5, 5.41) is 6.54. The van der Waals surface area contributed by atoms with Gasteiger partial charge in [0.1, 0.15) is 5.76 Å². The van der Waals surface area contributed by atoms with Crippen molar-refractivity contribution in [3.63, 3.8) is 0 Å². The second-order valence-electron chi connectivity index (χ2n) is 6.14. The van der Waals surface area contributed by atoms with Gasteiger partial charge in [-0.25, -0.2) is 0 Å². The molecule has 0 spiro atoms. The second-order valence-corrected chi connectivity index (χ2v) is 6.14. The standard InChI is InChI=1S/C19H31N3O3.HI/c1-2-9-20-19(22-11-6-18-5-3-13-25-18)21-10-4-12-24-16-17-7-14-23-15-8-17;/h2-3,5,13,17H,1,4,6-12,14-16H2,(H2,20,21,22);1H. The summed E-state index contributed by atoms with van der Waals surface area (Å²) >= 11 is 0. The molecule has 7 heteroatoms. The van der Waals surface area contributed by atoms with E-state index in [0.29, 0.717) is 12.5 Å². The largest absolute Gasteiger partial charge is 0.469 e. The smallest absolute Gasteiger partial charge is 0.191 e. The van der Waals surface area contributed by atoms with Crippen molar-refractivity contribution < 1.29 is 13.9 Å². The van der Waals surface area contributed by atoms with Crippen LogP contribution in [0.5, 0.6) is 0 Å². The Bertz CT molecular complexity index is 488. The lowest BCUT2D eigenvalue weighted by Crippen LogP contribution is -2.38. The van der Waals surface area contributed by atoms with E-state index in [-0.39, 0.29) is 24.0 Å². The van der Waals surface area contributed by atoms with Gasteiger partial charge in [0.25, 0.3) is 0 Å². The Morgan fingerprint density at radius 3 is 2.92 bits per heavy atom. The van der Waals surface area contributed by atoms with E-state index in [9.17, 15) is 0 Å². The van der Waals surface area contributed by atoms with Crippen LogP contribution in [0.25, 0.3) is 0 Å². The molecule has 1 saturated heterocycles. The maximum atomic E-state index is 5.77. The van der Waals surface area contributed by atoms with Gasteiger partial charge in [0.05, 0.1) is 6.26 Å². The Kier molecular flexibility index (Phi) is 13.3. The Morgan fingerprint density at radius 2 is 2.19 bits per heavy atom. The van der Waals surface area contributed by atoms with Crippen molar-refractivity contribution in [2.24, 2.45) is 10.9 Å². The van der Waals surface area contributed by atoms with Crippen LogP contribution in [0.3, 0.4) is 0 Å². The molecule has 0 radical (unpaired) electrons. The van der Waals surface area contributed by atoms with Crippen LogP contribution >= 0.6 is 24.0 Å². The van der Waals surface area contributed by atoms with Gasteiger partial charge in [-0.1, -0.05) is 6.08 Å². The first-order valence-electron chi connectivity index (χ1n) is 9.19. The number of rotatable bonds is 11. The first-order chi connectivity index (χ1) is 12.4. The summed E-state index contributed by atoms with van der Waals surface area (Å²) in [6.45, 7) is 9.27. The Balaban J connectivity index is 0.00000338. The molecule has 1 aliphatic heterocycles. The monoisotopic (exact) mass is 477 g/mol. The number of nitrogens with zero attached hydrogens (tertiary/aromatic N) is 1. The van der Waals surface area contributed by atoms with E-state index < -0.39 is 0 Å². The third-order valence-electron chi connectivity index (χ3n) is 4.07. The molecule has 0 atom stereocenters. The molecule has 1 fully saturated rings. The van der Waals surface area contributed by atoms with Gasteiger partial charge in [-0.05, 0) is 37.3 Å². The first kappa shape index (κ1) is 23.0. The zero-order valence-electron chi connectivity index (χ0n) is 15.5. The number of hydrogen-bond donors (Lipinski definition) is 2. The third-order valence-corrected chi connectivity index (χ3v) is 4.07. The Hall–Kier alpha value is -1.06. The molecule has 1 aromatic heterocycles. The second kappa shape index (κ2) is 15.0. The molecular weight excluding hydrogens is 445 g/mol. The minimum Gasteiger partial charge on any atom is -0.469 e. The predicted octanol–water partition coefficient (Wildman–Crippen LogP) is 2.99. The van der Waals surface area contributed by atoms with E-state index in [0.717, 1.165) is 76.9 Å². The van der Waals surface area contributed by atoms with Crippen molar-refractivity contribution in [1.82, 2.24) is 10.6 Å². The summed E-state index contributed by atoms with van der Waals surface area (Å²) in [5.74, 6) is 2.43. The van der Waals surface area contributed by atoms with Crippen LogP contribution in [-0.4, -0.2) is 52.0 Å². The van der Waals surface area contributed by atoms with Crippen molar-refractivity contribution in [3.05, 3.63) is 36.8 Å². The minimum atomic E-state index is 0. The molecule has 2 N–H and O–H groups in total. The number of aliphatic imine (C=N–C) groups is 1. The summed E-state index contributed by atoms with van der Waals surface area (Å²) in [5.41, 5.74) is 0. The van der Waals surface area contributed by atoms with E-state index in [1.165, 1.54) is 0 Å². The highest BCUT2D eigenvalue weighted by atomic mass is 127. The maximum Gasteiger partial charge on any atom is 0.191 e. The van der Waals surface area contributed by atoms with Gasteiger partial charge in [0, 0.05) is 52.5 Å². The summed E-state index contributed by atoms with van der Waals surface area (Å²) < 4.78 is 16.5. The van der Waals surface area contributed by atoms with Crippen molar-refractivity contribution in [2.45, 2.75) is 25.7 Å². The molecule has 0 aliphatic carbocycles. The SMILES string of the molecule is C=CCNC(=NCCCOCC1CCOCC1)NCCc1ccco1.I. The van der Waals surface area contributed by atoms with E-state index >= 15 is 0 Å². The van der Waals surface area contributed by atoms with E-state index in [1.54, 1.807) is 6.26 Å². The van der Waals surface area contributed by atoms with E-state index in [4.69, 9.17) is 13.9 Å². The normalized spacial score (nSPS) is 15.3. The minimum absolute atomic E-state index is 0. The summed E-state index contributed by atoms with van der Waals surface area (Å²) in [4.78, 5) is 4.58. The van der Waals surface area contributed by atoms with Crippen LogP contribution in [0.15, 0.2) is 40.5 Å². The molecule has 0 unspecified atom stereocenters. The van der Waals surface area contributed by atoms with Crippen LogP contribution in [0, 0.1) is 5.92 Å². The van der Waals surface area contributed by atoms with Gasteiger partial charge in [-0.15, -0.1) is 30.6 Å². The van der Waals surface area contributed by atoms with Crippen molar-refractivity contribution in [2.75, 3.05) is 46.1 Å². The number of furan rings is 1. The average molecular weight is 477 g/mol. The van der Waals surface area contributed by atoms with Gasteiger partial charge in [-0.2, -0.15) is 0 Å². The van der Waals surface area contributed by atoms with Gasteiger partial charge in [-0.3, -0.25) is 4.99 Å². The van der Waals surface area contributed by atoms with Crippen LogP contribution in [0.2, 0.25) is 0 Å². The number of ether oxygens (including phenoxy) is 2. The van der Waals surface area contributed by atoms with Crippen molar-refractivity contribution >= 4 is 29.9 Å². The average Bonchev–Trinajstić information content (AvgIpc) is 3.16. The van der Waals surface area contributed by atoms with Gasteiger partial charge in [0.2, 0.25) is 0 Å². The van der Waals surface area contributed by atoms with Crippen molar-refractivity contribution in [3.8, 4) is 0 Å². The lowest BCUT2D eigenvalue weighted by Gasteiger charge is -2.21. The van der Waals surface area contributed by atoms with Gasteiger partial charge >= 0.3 is 0 Å². The summed E-state index contributed by atoms with van der Waals surface area (Å²) in [6.07, 6.45) is 7.50. The molecule has 0 aromatic carbocycles. The zero-order valence-corrected chi connectivity index (χ0v) is 17.8. The van der Waals surface area contributed by atoms with Crippen LogP contribution in [0.4, 0.5) is 0 Å². The van der Waals surface area contributed by atoms with Crippen LogP contribution in [-0.2, 0) is 15.9 Å². The van der Waals surface area contributed by atoms with Gasteiger partial charge < -0.3 is 24.5 Å². The summed E-state index contributed by atoms with van der Waals surface area (Å²) in [6, 6.07) is 3.88. The molecule has 1 aromatic rings. The quantitative estimate of drug-likeness (QED) is 0.169. The lowest BCUT2D eigenvalue weighted by atomic mass is 10.0. The molecular formula is C19H32IN3O3. The maximum absolute atomic E-state index is 5.77. The van der Waals surface area contributed by atoms with Crippen LogP contribution < -0.4 is 10.6 Å². The van der Waals surface area contributed by atoms with Crippen LogP contribution in [0.1, 0.15) is 25.0 Å². The molecule has 0 bridgehead atoms. The fourth-order valence-corrected chi connectivity index (χ4v) is 2.62. The molecule has 6 nitrogen and oxygen atoms in total. The number of halogens is 1. The van der Waals surface area contributed by atoms with Gasteiger partial charge in [0.15, 0.2) is 5.96 Å². The fourth-order valence-electron chi connectivity index (χ4n) is 2.62. The number of nitrogens with one attached hydrogen (secondary N) is 2. The number of guanidine groups is 1. The highest BCUT2D eigenvalue weighted by Gasteiger charge is 2.13. The zero-order chi connectivity index (χ0) is 17.6.